The van der Waals surface area contributed by atoms with E-state index in [0.29, 0.717) is 77.5 Å². The monoisotopic (exact) mass is 1110 g/mol. The quantitative estimate of drug-likeness (QED) is 0.0485. The molecular weight excluding hydrogens is 1030 g/mol. The summed E-state index contributed by atoms with van der Waals surface area (Å²) >= 11 is 0. The van der Waals surface area contributed by atoms with Crippen molar-refractivity contribution < 1.29 is 33.0 Å². The van der Waals surface area contributed by atoms with Crippen LogP contribution in [0, 0.1) is 17.0 Å². The molecule has 81 heavy (non-hydrogen) atoms. The van der Waals surface area contributed by atoms with Crippen molar-refractivity contribution in [2.45, 2.75) is 181 Å². The Morgan fingerprint density at radius 1 is 0.877 bits per heavy atom. The topological polar surface area (TPSA) is 178 Å². The molecule has 2 bridgehead atoms. The average molecular weight is 1110 g/mol. The Balaban J connectivity index is 0.643. The number of aliphatic imine (C=N–C) groups is 1. The lowest BCUT2D eigenvalue weighted by Crippen LogP contribution is -2.57. The van der Waals surface area contributed by atoms with Crippen LogP contribution in [0.3, 0.4) is 0 Å². The van der Waals surface area contributed by atoms with E-state index in [9.17, 15) is 19.5 Å². The van der Waals surface area contributed by atoms with E-state index in [2.05, 4.69) is 47.9 Å². The molecule has 10 rings (SSSR count). The molecule has 0 saturated carbocycles. The normalized spacial score (nSPS) is 20.0. The Labute approximate surface area is 475 Å². The molecule has 17 heteroatoms. The summed E-state index contributed by atoms with van der Waals surface area (Å²) in [5, 5.41) is 22.1. The smallest absolute Gasteiger partial charge is 0.319 e. The number of unbranched alkanes of at least 4 members (excludes halogenated alkanes) is 7. The molecule has 3 amide bonds. The molecular formula is C64H82F2N10O5. The Kier molecular flexibility index (Phi) is 18.3. The molecule has 0 spiro atoms. The van der Waals surface area contributed by atoms with Crippen molar-refractivity contribution in [3.05, 3.63) is 88.7 Å². The number of carbonyl (C=O) groups is 3. The van der Waals surface area contributed by atoms with Gasteiger partial charge in [0.05, 0.1) is 5.39 Å². The number of hydrogen-bond donors (Lipinski definition) is 4. The number of phenolic OH excluding ortho intramolecular Hbond substituents is 1. The third-order valence-corrected chi connectivity index (χ3v) is 17.4. The van der Waals surface area contributed by atoms with E-state index in [1.165, 1.54) is 17.7 Å². The van der Waals surface area contributed by atoms with Gasteiger partial charge in [0.15, 0.2) is 5.82 Å². The fraction of sp³-hybridized carbons (Fsp3) is 0.547. The number of rotatable bonds is 22. The lowest BCUT2D eigenvalue weighted by molar-refractivity contribution is -0.143. The van der Waals surface area contributed by atoms with E-state index >= 15 is 8.78 Å². The number of aryl methyl sites for hydroxylation is 1. The highest BCUT2D eigenvalue weighted by Gasteiger charge is 2.42. The number of ether oxygens (including phenoxy) is 1. The molecule has 7 heterocycles. The number of likely N-dealkylation sites (tertiary alicyclic amines) is 2. The van der Waals surface area contributed by atoms with Crippen LogP contribution >= 0.6 is 0 Å². The molecule has 2 aromatic heterocycles. The number of aromatic nitrogens is 3. The van der Waals surface area contributed by atoms with Gasteiger partial charge in [0.1, 0.15) is 46.8 Å². The molecule has 3 aromatic carbocycles. The van der Waals surface area contributed by atoms with E-state index in [1.807, 2.05) is 53.0 Å². The van der Waals surface area contributed by atoms with Crippen LogP contribution in [0.4, 0.5) is 14.6 Å². The maximum absolute atomic E-state index is 17.1. The lowest BCUT2D eigenvalue weighted by Gasteiger charge is -2.35. The van der Waals surface area contributed by atoms with Crippen LogP contribution in [-0.2, 0) is 27.3 Å². The van der Waals surface area contributed by atoms with Gasteiger partial charge in [-0.15, -0.1) is 0 Å². The van der Waals surface area contributed by atoms with Crippen molar-refractivity contribution in [2.24, 2.45) is 10.4 Å². The first kappa shape index (κ1) is 57.6. The Hall–Kier alpha value is -6.59. The molecule has 5 aliphatic rings. The number of carbonyl (C=O) groups excluding carboxylic acids is 3. The highest BCUT2D eigenvalue weighted by molar-refractivity contribution is 6.02. The predicted molar refractivity (Wildman–Crippen MR) is 315 cm³/mol. The molecule has 5 aliphatic heterocycles. The van der Waals surface area contributed by atoms with Gasteiger partial charge in [0.25, 0.3) is 0 Å². The number of phenols is 1. The van der Waals surface area contributed by atoms with Crippen LogP contribution in [0.25, 0.3) is 38.5 Å². The van der Waals surface area contributed by atoms with E-state index in [1.54, 1.807) is 23.2 Å². The second kappa shape index (κ2) is 25.7. The molecule has 4 atom stereocenters. The number of pyridine rings is 1. The van der Waals surface area contributed by atoms with Crippen molar-refractivity contribution in [3.63, 3.8) is 0 Å². The fourth-order valence-electron chi connectivity index (χ4n) is 12.9. The molecule has 4 N–H and O–H groups in total. The predicted octanol–water partition coefficient (Wildman–Crippen LogP) is 10.7. The molecule has 0 aliphatic carbocycles. The van der Waals surface area contributed by atoms with Crippen molar-refractivity contribution >= 4 is 57.0 Å². The first-order valence-electron chi connectivity index (χ1n) is 30.0. The summed E-state index contributed by atoms with van der Waals surface area (Å²) in [7, 11) is 0. The minimum absolute atomic E-state index is 0.0125. The van der Waals surface area contributed by atoms with Gasteiger partial charge in [-0.3, -0.25) is 24.4 Å². The van der Waals surface area contributed by atoms with Gasteiger partial charge in [-0.2, -0.15) is 9.97 Å². The van der Waals surface area contributed by atoms with Crippen LogP contribution in [-0.4, -0.2) is 123 Å². The van der Waals surface area contributed by atoms with Crippen LogP contribution < -0.4 is 25.6 Å². The van der Waals surface area contributed by atoms with Crippen LogP contribution in [0.1, 0.15) is 154 Å². The number of aromatic hydroxyl groups is 1. The first-order valence-corrected chi connectivity index (χ1v) is 30.0. The maximum Gasteiger partial charge on any atom is 0.319 e. The van der Waals surface area contributed by atoms with Crippen LogP contribution in [0.15, 0.2) is 65.4 Å². The Morgan fingerprint density at radius 2 is 1.59 bits per heavy atom. The SMILES string of the molecule is CCc1c(F)ccc2cc(O)cc(-c3ncc4c(N5CC6CCC(C5)N6)nc(OC5CCN(CCCCCCCCCCC(=O)NC(C(=O)N6CCC[C@H]6C(=O)NCc6ccc(C7=C(C)N=CC7)cc6)C(C)(C)C)CC5)nc4c3F)c12. The van der Waals surface area contributed by atoms with Gasteiger partial charge in [0, 0.05) is 87.9 Å². The number of allylic oxidation sites excluding steroid dienone is 2. The largest absolute Gasteiger partial charge is 0.508 e. The zero-order valence-corrected chi connectivity index (χ0v) is 48.1. The number of piperidine rings is 1. The maximum atomic E-state index is 17.1. The summed E-state index contributed by atoms with van der Waals surface area (Å²) in [6.45, 7) is 14.9. The van der Waals surface area contributed by atoms with E-state index in [-0.39, 0.29) is 46.8 Å². The van der Waals surface area contributed by atoms with Crippen LogP contribution in [0.5, 0.6) is 11.8 Å². The molecule has 4 saturated heterocycles. The van der Waals surface area contributed by atoms with E-state index in [0.717, 1.165) is 139 Å². The number of anilines is 1. The Bertz CT molecular complexity index is 3140. The average Bonchev–Trinajstić information content (AvgIpc) is 4.30. The van der Waals surface area contributed by atoms with Gasteiger partial charge in [-0.05, 0) is 128 Å². The number of halogens is 2. The number of amides is 3. The molecule has 4 fully saturated rings. The highest BCUT2D eigenvalue weighted by Crippen LogP contribution is 2.40. The van der Waals surface area contributed by atoms with Crippen molar-refractivity contribution in [1.29, 1.82) is 0 Å². The second-order valence-corrected chi connectivity index (χ2v) is 24.3. The Morgan fingerprint density at radius 3 is 2.28 bits per heavy atom. The summed E-state index contributed by atoms with van der Waals surface area (Å²) in [5.74, 6) is -1.01. The third-order valence-electron chi connectivity index (χ3n) is 17.4. The van der Waals surface area contributed by atoms with Gasteiger partial charge in [-0.25, -0.2) is 8.78 Å². The standard InChI is InChI=1S/C64H82F2N10O5/c1-6-48-52(65)25-22-43-34-46(77)35-50(55(43)48)57-56(66)58-51(37-68-57)60(75-38-44-23-24-45(39-75)70-44)73-63(72-58)81-47-27-32-74(33-28-47)30-14-12-10-8-7-9-11-13-17-54(78)71-59(64(3,4)5)62(80)76-31-15-16-53(76)61(79)69-36-41-18-20-42(21-19-41)49-26-29-67-40(49)2/h18-22,25,29,34-35,37,44-45,47,53,59,70,77H,6-17,23-24,26-28,30-33,36,38-39H2,1-5H3,(H,69,79)(H,71,78)/t44?,45?,53-,59?/m0/s1. The summed E-state index contributed by atoms with van der Waals surface area (Å²) in [6, 6.07) is 13.6. The van der Waals surface area contributed by atoms with E-state index in [4.69, 9.17) is 14.7 Å². The minimum atomic E-state index is -0.731. The van der Waals surface area contributed by atoms with Gasteiger partial charge in [0.2, 0.25) is 17.7 Å². The van der Waals surface area contributed by atoms with Gasteiger partial charge in [-0.1, -0.05) is 96.6 Å². The zero-order chi connectivity index (χ0) is 56.8. The number of benzene rings is 3. The highest BCUT2D eigenvalue weighted by atomic mass is 19.1. The lowest BCUT2D eigenvalue weighted by atomic mass is 9.85. The number of nitrogens with one attached hydrogen (secondary N) is 3. The number of fused-ring (bicyclic) bond motifs is 4. The number of hydrogen-bond acceptors (Lipinski definition) is 12. The minimum Gasteiger partial charge on any atom is -0.508 e. The number of piperazine rings is 1. The second-order valence-electron chi connectivity index (χ2n) is 24.3. The fourth-order valence-corrected chi connectivity index (χ4v) is 12.9. The summed E-state index contributed by atoms with van der Waals surface area (Å²) in [6.07, 6.45) is 18.5. The van der Waals surface area contributed by atoms with Crippen molar-refractivity contribution in [2.75, 3.05) is 44.2 Å². The summed E-state index contributed by atoms with van der Waals surface area (Å²) in [4.78, 5) is 65.9. The van der Waals surface area contributed by atoms with Crippen molar-refractivity contribution in [3.8, 4) is 23.0 Å². The van der Waals surface area contributed by atoms with E-state index < -0.39 is 29.1 Å². The summed E-state index contributed by atoms with van der Waals surface area (Å²) < 4.78 is 38.9. The third kappa shape index (κ3) is 13.5. The van der Waals surface area contributed by atoms with Gasteiger partial charge >= 0.3 is 6.01 Å². The zero-order valence-electron chi connectivity index (χ0n) is 48.1. The van der Waals surface area contributed by atoms with Crippen LogP contribution in [0.2, 0.25) is 0 Å². The molecule has 0 radical (unpaired) electrons. The van der Waals surface area contributed by atoms with Gasteiger partial charge < -0.3 is 40.5 Å². The summed E-state index contributed by atoms with van der Waals surface area (Å²) in [5.41, 5.74) is 4.66. The van der Waals surface area contributed by atoms with Crippen molar-refractivity contribution in [1.82, 2.24) is 40.7 Å². The molecule has 15 nitrogen and oxygen atoms in total. The molecule has 432 valence electrons. The molecule has 3 unspecified atom stereocenters. The number of nitrogens with zero attached hydrogens (tertiary/aromatic N) is 7. The molecule has 5 aromatic rings. The first-order chi connectivity index (χ1) is 39.1.